The molecule has 69 valence electrons. The van der Waals surface area contributed by atoms with Gasteiger partial charge in [-0.15, -0.1) is 0 Å². The number of allylic oxidation sites excluding steroid dienone is 4. The Morgan fingerprint density at radius 1 is 0.909 bits per heavy atom. The Balaban J connectivity index is -0.000000149. The molecule has 0 atom stereocenters. The third kappa shape index (κ3) is 13.3. The average Bonchev–Trinajstić information content (AvgIpc) is 2.21. The van der Waals surface area contributed by atoms with Crippen LogP contribution in [-0.4, -0.2) is 0 Å². The maximum absolute atomic E-state index is 3.77. The van der Waals surface area contributed by atoms with Crippen LogP contribution in [0, 0.1) is 0 Å². The molecule has 4 heteroatoms. The van der Waals surface area contributed by atoms with E-state index in [1.165, 1.54) is 0 Å². The summed E-state index contributed by atoms with van der Waals surface area (Å²) >= 11 is 3.15. The van der Waals surface area contributed by atoms with Crippen LogP contribution >= 0.6 is 10.6 Å². The Bertz CT molecular complexity index is 131. The van der Waals surface area contributed by atoms with E-state index in [-0.39, 0.29) is 23.9 Å². The van der Waals surface area contributed by atoms with E-state index in [1.54, 1.807) is 0 Å². The first-order valence-corrected chi connectivity index (χ1v) is 3.93. The van der Waals surface area contributed by atoms with Crippen LogP contribution in [0.15, 0.2) is 36.7 Å². The van der Waals surface area contributed by atoms with Gasteiger partial charge in [-0.3, -0.25) is 0 Å². The van der Waals surface area contributed by atoms with E-state index in [9.17, 15) is 0 Å². The van der Waals surface area contributed by atoms with E-state index < -0.39 is 0 Å². The van der Waals surface area contributed by atoms with Gasteiger partial charge < -0.3 is 5.32 Å². The van der Waals surface area contributed by atoms with Crippen LogP contribution in [0.25, 0.3) is 0 Å². The van der Waals surface area contributed by atoms with E-state index in [0.29, 0.717) is 0 Å². The molecule has 0 saturated heterocycles. The second kappa shape index (κ2) is 16.7. The molecule has 1 nitrogen and oxygen atoms in total. The van der Waals surface area contributed by atoms with Crippen molar-refractivity contribution >= 4 is 10.6 Å². The van der Waals surface area contributed by atoms with Gasteiger partial charge in [-0.25, -0.2) is 0 Å². The third-order valence-electron chi connectivity index (χ3n) is 0.718. The van der Waals surface area contributed by atoms with Gasteiger partial charge in [-0.05, 0) is 12.2 Å². The molecule has 0 aromatic rings. The number of rotatable bonds is 0. The number of nitrogens with one attached hydrogen (secondary N) is 1. The number of hydrogen-bond donors (Lipinski definition) is 1. The predicted molar refractivity (Wildman–Crippen MR) is 44.9 cm³/mol. The first-order valence-electron chi connectivity index (χ1n) is 2.38. The van der Waals surface area contributed by atoms with Crippen molar-refractivity contribution in [3.05, 3.63) is 36.7 Å². The van der Waals surface area contributed by atoms with Crippen LogP contribution in [0.5, 0.6) is 0 Å². The van der Waals surface area contributed by atoms with E-state index in [0.717, 1.165) is 0 Å². The summed E-state index contributed by atoms with van der Waals surface area (Å²) < 4.78 is 0. The summed E-state index contributed by atoms with van der Waals surface area (Å²) in [6, 6.07) is 0. The third-order valence-corrected chi connectivity index (χ3v) is 0.718. The van der Waals surface area contributed by atoms with E-state index >= 15 is 0 Å². The molecule has 0 spiro atoms. The molecule has 1 rings (SSSR count). The summed E-state index contributed by atoms with van der Waals surface area (Å²) in [4.78, 5) is 0. The minimum absolute atomic E-state index is 0. The first-order chi connectivity index (χ1) is 4.50. The Morgan fingerprint density at radius 2 is 1.27 bits per heavy atom. The van der Waals surface area contributed by atoms with Crippen molar-refractivity contribution in [1.29, 1.82) is 0 Å². The van der Waals surface area contributed by atoms with E-state index in [2.05, 4.69) is 30.0 Å². The Morgan fingerprint density at radius 3 is 1.64 bits per heavy atom. The first kappa shape index (κ1) is 17.4. The molecule has 1 N–H and O–H groups in total. The molecule has 0 aromatic carbocycles. The van der Waals surface area contributed by atoms with Gasteiger partial charge in [0.1, 0.15) is 0 Å². The quantitative estimate of drug-likeness (QED) is 0.670. The van der Waals surface area contributed by atoms with Crippen molar-refractivity contribution in [3.8, 4) is 0 Å². The molecular formula is C7H11CoNNiS. The summed E-state index contributed by atoms with van der Waals surface area (Å²) in [5, 5.41) is 2.92. The van der Waals surface area contributed by atoms with Gasteiger partial charge in [0, 0.05) is 28.9 Å². The van der Waals surface area contributed by atoms with Crippen molar-refractivity contribution < 1.29 is 30.6 Å². The molecule has 0 unspecified atom stereocenters. The zero-order valence-electron chi connectivity index (χ0n) is 5.02. The van der Waals surface area contributed by atoms with Crippen LogP contribution < -0.4 is 5.32 Å². The summed E-state index contributed by atoms with van der Waals surface area (Å²) in [6.45, 7) is 0. The zero-order valence-corrected chi connectivity index (χ0v) is 7.87. The molecule has 0 aliphatic carbocycles. The molecule has 0 radical (unpaired) electrons. The van der Waals surface area contributed by atoms with Gasteiger partial charge in [0.15, 0.2) is 0 Å². The van der Waals surface area contributed by atoms with Gasteiger partial charge in [-0.1, -0.05) is 19.6 Å². The molecule has 0 amide bonds. The van der Waals surface area contributed by atoms with Crippen LogP contribution in [-0.2, 0) is 30.6 Å². The fraction of sp³-hybridized carbons (Fsp3) is 0.143. The van der Waals surface area contributed by atoms with Crippen LogP contribution in [0.3, 0.4) is 0 Å². The summed E-state index contributed by atoms with van der Waals surface area (Å²) in [6.07, 6.45) is 11.6. The Kier molecular flexibility index (Phi) is 26.3. The summed E-state index contributed by atoms with van der Waals surface area (Å²) in [5.74, 6) is 0. The topological polar surface area (TPSA) is 12.0 Å². The van der Waals surface area contributed by atoms with Gasteiger partial charge in [0.05, 0.1) is 0 Å². The Labute approximate surface area is 90.4 Å². The van der Waals surface area contributed by atoms with E-state index in [4.69, 9.17) is 0 Å². The van der Waals surface area contributed by atoms with Gasteiger partial charge in [0.25, 0.3) is 0 Å². The molecule has 0 saturated carbocycles. The van der Waals surface area contributed by atoms with Crippen molar-refractivity contribution in [2.45, 2.75) is 7.43 Å². The van der Waals surface area contributed by atoms with Crippen molar-refractivity contribution in [3.63, 3.8) is 0 Å². The summed E-state index contributed by atoms with van der Waals surface area (Å²) in [5.41, 5.74) is 0. The molecule has 11 heavy (non-hydrogen) atoms. The molecule has 1 aliphatic rings. The average molecular weight is 259 g/mol. The van der Waals surface area contributed by atoms with Crippen molar-refractivity contribution in [2.75, 3.05) is 0 Å². The monoisotopic (exact) mass is 258 g/mol. The summed E-state index contributed by atoms with van der Waals surface area (Å²) in [7, 11) is 3.77. The molecule has 1 heterocycles. The number of hydrogen-bond acceptors (Lipinski definition) is 2. The predicted octanol–water partition coefficient (Wildman–Crippen LogP) is 2.45. The normalized spacial score (nSPS) is 10.6. The fourth-order valence-electron chi connectivity index (χ4n) is 0.406. The fourth-order valence-corrected chi connectivity index (χ4v) is 0.406. The standard InChI is InChI=1S/C6H7N.CH4.Co.Ni.S/c1-2-4-6-7-5-3-1;;;;/h1-7H;1H4;;;. The molecule has 0 fully saturated rings. The Hall–Kier alpha value is 0.240. The second-order valence-corrected chi connectivity index (χ2v) is 1.27. The molecule has 1 aliphatic heterocycles. The molecule has 0 aromatic heterocycles. The molecular weight excluding hydrogens is 248 g/mol. The zero-order chi connectivity index (χ0) is 6.95. The second-order valence-electron chi connectivity index (χ2n) is 1.27. The van der Waals surface area contributed by atoms with Crippen molar-refractivity contribution in [2.24, 2.45) is 0 Å². The maximum atomic E-state index is 3.77. The van der Waals surface area contributed by atoms with Crippen molar-refractivity contribution in [1.82, 2.24) is 5.32 Å². The van der Waals surface area contributed by atoms with Crippen LogP contribution in [0.2, 0.25) is 0 Å². The van der Waals surface area contributed by atoms with Gasteiger partial charge in [-0.2, -0.15) is 0 Å². The van der Waals surface area contributed by atoms with Crippen LogP contribution in [0.1, 0.15) is 7.43 Å². The van der Waals surface area contributed by atoms with E-state index in [1.807, 2.05) is 36.7 Å². The minimum atomic E-state index is 0. The van der Waals surface area contributed by atoms with Gasteiger partial charge >= 0.3 is 24.7 Å². The van der Waals surface area contributed by atoms with Gasteiger partial charge in [0.2, 0.25) is 0 Å². The SMILES string of the molecule is C.C1=CC=CNC=C1.[Ni].[S]=[Co]. The van der Waals surface area contributed by atoms with Crippen LogP contribution in [0.4, 0.5) is 0 Å². The molecule has 0 bridgehead atoms.